The molecular formula is C12H13FO3. The molecule has 0 saturated carbocycles. The van der Waals surface area contributed by atoms with Gasteiger partial charge in [-0.25, -0.2) is 9.18 Å². The van der Waals surface area contributed by atoms with Crippen LogP contribution in [0.2, 0.25) is 0 Å². The van der Waals surface area contributed by atoms with E-state index in [9.17, 15) is 14.3 Å². The van der Waals surface area contributed by atoms with Gasteiger partial charge in [-0.3, -0.25) is 0 Å². The molecule has 0 aromatic heterocycles. The van der Waals surface area contributed by atoms with Crippen molar-refractivity contribution in [1.82, 2.24) is 0 Å². The summed E-state index contributed by atoms with van der Waals surface area (Å²) in [6.45, 7) is 2.03. The van der Waals surface area contributed by atoms with E-state index in [0.717, 1.165) is 5.56 Å². The molecule has 0 heterocycles. The number of carbonyl (C=O) groups is 1. The first kappa shape index (κ1) is 11.1. The Morgan fingerprint density at radius 1 is 1.62 bits per heavy atom. The van der Waals surface area contributed by atoms with Gasteiger partial charge in [0.25, 0.3) is 0 Å². The number of aliphatic carboxylic acids is 1. The molecule has 2 rings (SSSR count). The number of hydrogen-bond acceptors (Lipinski definition) is 2. The van der Waals surface area contributed by atoms with Gasteiger partial charge in [-0.05, 0) is 37.5 Å². The minimum absolute atomic E-state index is 0.294. The molecule has 4 heteroatoms. The highest BCUT2D eigenvalue weighted by molar-refractivity contribution is 5.81. The second kappa shape index (κ2) is 3.87. The fourth-order valence-electron chi connectivity index (χ4n) is 2.27. The van der Waals surface area contributed by atoms with Gasteiger partial charge in [0.05, 0.1) is 0 Å². The van der Waals surface area contributed by atoms with Gasteiger partial charge in [0.2, 0.25) is 0 Å². The van der Waals surface area contributed by atoms with E-state index in [1.54, 1.807) is 13.0 Å². The topological polar surface area (TPSA) is 46.5 Å². The summed E-state index contributed by atoms with van der Waals surface area (Å²) >= 11 is 0. The molecule has 0 aliphatic heterocycles. The van der Waals surface area contributed by atoms with E-state index in [-0.39, 0.29) is 0 Å². The predicted molar refractivity (Wildman–Crippen MR) is 55.7 cm³/mol. The number of fused-ring (bicyclic) bond motifs is 1. The number of benzene rings is 1. The number of rotatable bonds is 3. The van der Waals surface area contributed by atoms with Gasteiger partial charge < -0.3 is 9.84 Å². The molecular weight excluding hydrogens is 211 g/mol. The molecule has 1 aromatic carbocycles. The molecule has 0 amide bonds. The number of hydrogen-bond donors (Lipinski definition) is 1. The van der Waals surface area contributed by atoms with Crippen molar-refractivity contribution in [2.45, 2.75) is 25.4 Å². The van der Waals surface area contributed by atoms with E-state index >= 15 is 0 Å². The Balaban J connectivity index is 2.53. The lowest BCUT2D eigenvalue weighted by molar-refractivity contribution is -0.167. The van der Waals surface area contributed by atoms with Crippen LogP contribution in [-0.2, 0) is 21.6 Å². The first-order chi connectivity index (χ1) is 7.60. The van der Waals surface area contributed by atoms with Crippen molar-refractivity contribution in [3.8, 4) is 0 Å². The monoisotopic (exact) mass is 224 g/mol. The smallest absolute Gasteiger partial charge is 0.340 e. The molecule has 86 valence electrons. The van der Waals surface area contributed by atoms with Gasteiger partial charge in [-0.1, -0.05) is 6.07 Å². The van der Waals surface area contributed by atoms with Crippen molar-refractivity contribution in [3.63, 3.8) is 0 Å². The molecule has 1 N–H and O–H groups in total. The Morgan fingerprint density at radius 3 is 3.00 bits per heavy atom. The lowest BCUT2D eigenvalue weighted by atomic mass is 9.95. The molecule has 3 nitrogen and oxygen atoms in total. The summed E-state index contributed by atoms with van der Waals surface area (Å²) in [6, 6.07) is 4.25. The van der Waals surface area contributed by atoms with Crippen LogP contribution in [0.5, 0.6) is 0 Å². The fourth-order valence-corrected chi connectivity index (χ4v) is 2.27. The average molecular weight is 224 g/mol. The van der Waals surface area contributed by atoms with Crippen LogP contribution in [0, 0.1) is 5.82 Å². The molecule has 1 unspecified atom stereocenters. The zero-order valence-corrected chi connectivity index (χ0v) is 9.00. The number of carboxylic acids is 1. The fraction of sp³-hybridized carbons (Fsp3) is 0.417. The van der Waals surface area contributed by atoms with E-state index in [0.29, 0.717) is 25.0 Å². The highest BCUT2D eigenvalue weighted by Crippen LogP contribution is 2.40. The summed E-state index contributed by atoms with van der Waals surface area (Å²) in [6.07, 6.45) is 0.983. The maximum Gasteiger partial charge on any atom is 0.340 e. The van der Waals surface area contributed by atoms with Crippen molar-refractivity contribution in [2.24, 2.45) is 0 Å². The predicted octanol–water partition coefficient (Wildman–Crippen LogP) is 2.09. The van der Waals surface area contributed by atoms with Crippen LogP contribution >= 0.6 is 0 Å². The van der Waals surface area contributed by atoms with Gasteiger partial charge in [-0.15, -0.1) is 0 Å². The van der Waals surface area contributed by atoms with Gasteiger partial charge >= 0.3 is 5.97 Å². The van der Waals surface area contributed by atoms with E-state index < -0.39 is 17.4 Å². The number of halogens is 1. The van der Waals surface area contributed by atoms with Crippen molar-refractivity contribution in [2.75, 3.05) is 6.61 Å². The first-order valence-electron chi connectivity index (χ1n) is 5.26. The van der Waals surface area contributed by atoms with E-state index in [1.807, 2.05) is 0 Å². The Labute approximate surface area is 92.9 Å². The molecule has 0 radical (unpaired) electrons. The zero-order chi connectivity index (χ0) is 11.8. The van der Waals surface area contributed by atoms with Gasteiger partial charge in [-0.2, -0.15) is 0 Å². The van der Waals surface area contributed by atoms with E-state index in [2.05, 4.69) is 0 Å². The maximum atomic E-state index is 13.2. The van der Waals surface area contributed by atoms with E-state index in [4.69, 9.17) is 4.74 Å². The Bertz CT molecular complexity index is 426. The second-order valence-corrected chi connectivity index (χ2v) is 3.87. The van der Waals surface area contributed by atoms with Gasteiger partial charge in [0.1, 0.15) is 5.82 Å². The Hall–Kier alpha value is -1.42. The molecule has 1 atom stereocenters. The lowest BCUT2D eigenvalue weighted by Crippen LogP contribution is -2.36. The molecule has 16 heavy (non-hydrogen) atoms. The summed E-state index contributed by atoms with van der Waals surface area (Å²) in [5.74, 6) is -1.47. The second-order valence-electron chi connectivity index (χ2n) is 3.87. The maximum absolute atomic E-state index is 13.2. The van der Waals surface area contributed by atoms with Crippen LogP contribution < -0.4 is 0 Å². The Morgan fingerprint density at radius 2 is 2.38 bits per heavy atom. The van der Waals surface area contributed by atoms with Gasteiger partial charge in [0, 0.05) is 12.2 Å². The Kier molecular flexibility index (Phi) is 2.68. The highest BCUT2D eigenvalue weighted by Gasteiger charge is 2.46. The summed E-state index contributed by atoms with van der Waals surface area (Å²) in [7, 11) is 0. The number of ether oxygens (including phenoxy) is 1. The van der Waals surface area contributed by atoms with Gasteiger partial charge in [0.15, 0.2) is 5.60 Å². The molecule has 0 bridgehead atoms. The van der Waals surface area contributed by atoms with Crippen LogP contribution in [0.25, 0.3) is 0 Å². The van der Waals surface area contributed by atoms with Crippen LogP contribution in [0.4, 0.5) is 4.39 Å². The third kappa shape index (κ3) is 1.50. The first-order valence-corrected chi connectivity index (χ1v) is 5.26. The third-order valence-electron chi connectivity index (χ3n) is 2.99. The van der Waals surface area contributed by atoms with Crippen molar-refractivity contribution in [1.29, 1.82) is 0 Å². The third-order valence-corrected chi connectivity index (χ3v) is 2.99. The van der Waals surface area contributed by atoms with Crippen LogP contribution in [0.15, 0.2) is 18.2 Å². The highest BCUT2D eigenvalue weighted by atomic mass is 19.1. The largest absolute Gasteiger partial charge is 0.479 e. The SMILES string of the molecule is CCOC1(C(=O)O)CCc2ccc(F)cc21. The average Bonchev–Trinajstić information content (AvgIpc) is 2.59. The lowest BCUT2D eigenvalue weighted by Gasteiger charge is -2.25. The van der Waals surface area contributed by atoms with Crippen LogP contribution in [0.3, 0.4) is 0 Å². The molecule has 1 aliphatic carbocycles. The standard InChI is InChI=1S/C12H13FO3/c1-2-16-12(11(14)15)6-5-8-3-4-9(13)7-10(8)12/h3-4,7H,2,5-6H2,1H3,(H,14,15). The molecule has 0 fully saturated rings. The van der Waals surface area contributed by atoms with Crippen molar-refractivity contribution >= 4 is 5.97 Å². The van der Waals surface area contributed by atoms with Crippen molar-refractivity contribution < 1.29 is 19.0 Å². The van der Waals surface area contributed by atoms with Crippen LogP contribution in [0.1, 0.15) is 24.5 Å². The minimum Gasteiger partial charge on any atom is -0.479 e. The molecule has 1 aromatic rings. The quantitative estimate of drug-likeness (QED) is 0.855. The number of aryl methyl sites for hydroxylation is 1. The molecule has 1 aliphatic rings. The van der Waals surface area contributed by atoms with Crippen molar-refractivity contribution in [3.05, 3.63) is 35.1 Å². The summed E-state index contributed by atoms with van der Waals surface area (Å²) < 4.78 is 18.5. The number of carboxylic acid groups (broad SMARTS) is 1. The van der Waals surface area contributed by atoms with Crippen LogP contribution in [-0.4, -0.2) is 17.7 Å². The van der Waals surface area contributed by atoms with E-state index in [1.165, 1.54) is 12.1 Å². The minimum atomic E-state index is -1.35. The molecule has 0 saturated heterocycles. The zero-order valence-electron chi connectivity index (χ0n) is 9.00. The summed E-state index contributed by atoms with van der Waals surface area (Å²) in [4.78, 5) is 11.3. The summed E-state index contributed by atoms with van der Waals surface area (Å²) in [5.41, 5.74) is -0.0364. The normalized spacial score (nSPS) is 23.1. The summed E-state index contributed by atoms with van der Waals surface area (Å²) in [5, 5.41) is 9.29. The molecule has 0 spiro atoms.